The van der Waals surface area contributed by atoms with E-state index >= 15 is 0 Å². The number of benzene rings is 1. The Morgan fingerprint density at radius 3 is 2.74 bits per heavy atom. The molecule has 8 nitrogen and oxygen atoms in total. The molecule has 2 aliphatic heterocycles. The highest BCUT2D eigenvalue weighted by atomic mass is 35.5. The van der Waals surface area contributed by atoms with Crippen molar-refractivity contribution < 1.29 is 19.1 Å². The molecule has 0 atom stereocenters. The van der Waals surface area contributed by atoms with Gasteiger partial charge in [-0.2, -0.15) is 5.10 Å². The first-order valence-corrected chi connectivity index (χ1v) is 10.6. The summed E-state index contributed by atoms with van der Waals surface area (Å²) in [7, 11) is 0. The fourth-order valence-corrected chi connectivity index (χ4v) is 4.70. The van der Waals surface area contributed by atoms with Crippen LogP contribution in [-0.4, -0.2) is 57.7 Å². The lowest BCUT2D eigenvalue weighted by Gasteiger charge is -2.38. The first-order chi connectivity index (χ1) is 15.0. The Balaban J connectivity index is 1.37. The van der Waals surface area contributed by atoms with Crippen molar-refractivity contribution in [2.24, 2.45) is 0 Å². The summed E-state index contributed by atoms with van der Waals surface area (Å²) in [5.74, 6) is 0.214. The van der Waals surface area contributed by atoms with Crippen molar-refractivity contribution in [2.75, 3.05) is 26.3 Å². The number of carbonyl (C=O) groups is 2. The molecule has 0 radical (unpaired) electrons. The van der Waals surface area contributed by atoms with Crippen LogP contribution in [0.5, 0.6) is 5.75 Å². The topological polar surface area (TPSA) is 86.0 Å². The van der Waals surface area contributed by atoms with Gasteiger partial charge in [-0.1, -0.05) is 29.8 Å². The number of likely N-dealkylation sites (tertiary alicyclic amines) is 1. The van der Waals surface area contributed by atoms with Crippen LogP contribution in [-0.2, 0) is 10.2 Å². The van der Waals surface area contributed by atoms with Crippen molar-refractivity contribution >= 4 is 29.1 Å². The van der Waals surface area contributed by atoms with Crippen molar-refractivity contribution in [1.82, 2.24) is 19.5 Å². The van der Waals surface area contributed by atoms with Crippen molar-refractivity contribution in [3.8, 4) is 5.75 Å². The van der Waals surface area contributed by atoms with E-state index in [2.05, 4.69) is 16.1 Å². The van der Waals surface area contributed by atoms with Crippen molar-refractivity contribution in [3.05, 3.63) is 58.5 Å². The number of fused-ring (bicyclic) bond motifs is 3. The minimum absolute atomic E-state index is 0.0457. The van der Waals surface area contributed by atoms with Crippen LogP contribution >= 0.6 is 11.6 Å². The summed E-state index contributed by atoms with van der Waals surface area (Å²) in [5.41, 5.74) is 1.91. The van der Waals surface area contributed by atoms with E-state index in [9.17, 15) is 9.59 Å². The van der Waals surface area contributed by atoms with Crippen LogP contribution in [0.3, 0.4) is 0 Å². The number of rotatable bonds is 3. The maximum Gasteiger partial charge on any atom is 0.343 e. The third-order valence-electron chi connectivity index (χ3n) is 6.16. The first kappa shape index (κ1) is 19.8. The van der Waals surface area contributed by atoms with E-state index in [1.807, 2.05) is 18.2 Å². The predicted molar refractivity (Wildman–Crippen MR) is 113 cm³/mol. The van der Waals surface area contributed by atoms with E-state index in [1.54, 1.807) is 11.8 Å². The average Bonchev–Trinajstić information content (AvgIpc) is 3.38. The number of carbonyl (C=O) groups excluding carboxylic acids is 2. The zero-order valence-corrected chi connectivity index (χ0v) is 17.8. The molecule has 5 rings (SSSR count). The van der Waals surface area contributed by atoms with Gasteiger partial charge in [0.25, 0.3) is 5.91 Å². The molecule has 1 aromatic carbocycles. The summed E-state index contributed by atoms with van der Waals surface area (Å²) in [6.07, 6.45) is 4.39. The van der Waals surface area contributed by atoms with Gasteiger partial charge in [-0.3, -0.25) is 4.79 Å². The summed E-state index contributed by atoms with van der Waals surface area (Å²) < 4.78 is 12.2. The number of hydrogen-bond donors (Lipinski definition) is 0. The molecule has 1 spiro atoms. The Bertz CT molecular complexity index is 1180. The predicted octanol–water partition coefficient (Wildman–Crippen LogP) is 3.13. The molecule has 31 heavy (non-hydrogen) atoms. The number of halogens is 1. The third kappa shape index (κ3) is 3.13. The van der Waals surface area contributed by atoms with Crippen molar-refractivity contribution in [1.29, 1.82) is 0 Å². The lowest BCUT2D eigenvalue weighted by molar-refractivity contribution is 0.0528. The number of hydrogen-bond acceptors (Lipinski definition) is 6. The highest BCUT2D eigenvalue weighted by molar-refractivity contribution is 6.33. The lowest BCUT2D eigenvalue weighted by Crippen LogP contribution is -2.46. The van der Waals surface area contributed by atoms with E-state index in [1.165, 1.54) is 22.5 Å². The number of amides is 1. The zero-order valence-electron chi connectivity index (χ0n) is 17.0. The van der Waals surface area contributed by atoms with Gasteiger partial charge in [-0.15, -0.1) is 0 Å². The highest BCUT2D eigenvalue weighted by Crippen LogP contribution is 2.45. The monoisotopic (exact) mass is 440 g/mol. The largest absolute Gasteiger partial charge is 0.492 e. The molecule has 160 valence electrons. The van der Waals surface area contributed by atoms with E-state index in [0.717, 1.165) is 18.6 Å². The van der Waals surface area contributed by atoms with Gasteiger partial charge >= 0.3 is 5.97 Å². The Kier molecular flexibility index (Phi) is 4.81. The molecule has 1 fully saturated rings. The number of ether oxygens (including phenoxy) is 2. The molecule has 0 saturated carbocycles. The van der Waals surface area contributed by atoms with Crippen LogP contribution in [0.1, 0.15) is 46.0 Å². The quantitative estimate of drug-likeness (QED) is 0.459. The summed E-state index contributed by atoms with van der Waals surface area (Å²) in [4.78, 5) is 31.3. The Morgan fingerprint density at radius 2 is 1.97 bits per heavy atom. The number of piperidine rings is 1. The van der Waals surface area contributed by atoms with Gasteiger partial charge < -0.3 is 14.4 Å². The molecule has 2 aromatic heterocycles. The lowest BCUT2D eigenvalue weighted by atomic mass is 9.74. The maximum atomic E-state index is 13.2. The van der Waals surface area contributed by atoms with Crippen LogP contribution in [0.4, 0.5) is 0 Å². The summed E-state index contributed by atoms with van der Waals surface area (Å²) in [6, 6.07) is 8.12. The van der Waals surface area contributed by atoms with Crippen molar-refractivity contribution in [2.45, 2.75) is 25.2 Å². The molecule has 9 heteroatoms. The molecular formula is C22H21ClN4O4. The molecule has 2 aliphatic rings. The highest BCUT2D eigenvalue weighted by Gasteiger charge is 2.43. The van der Waals surface area contributed by atoms with E-state index in [0.29, 0.717) is 19.7 Å². The van der Waals surface area contributed by atoms with Crippen LogP contribution < -0.4 is 4.74 Å². The third-order valence-corrected chi connectivity index (χ3v) is 6.53. The van der Waals surface area contributed by atoms with Crippen LogP contribution in [0.15, 0.2) is 36.7 Å². The Morgan fingerprint density at radius 1 is 1.19 bits per heavy atom. The fourth-order valence-electron chi connectivity index (χ4n) is 4.45. The minimum atomic E-state index is -0.527. The summed E-state index contributed by atoms with van der Waals surface area (Å²) in [5, 5.41) is 4.25. The second-order valence-electron chi connectivity index (χ2n) is 7.83. The Labute approximate surface area is 183 Å². The van der Waals surface area contributed by atoms with Crippen LogP contribution in [0.25, 0.3) is 5.65 Å². The van der Waals surface area contributed by atoms with Crippen LogP contribution in [0, 0.1) is 0 Å². The normalized spacial score (nSPS) is 16.9. The standard InChI is InChI=1S/C22H21ClN4O4/c1-2-30-21(29)15-12-25-27-18(23)14(11-24-19(15)27)20(28)26-9-7-22(8-10-26)13-31-17-6-4-3-5-16(17)22/h3-6,11-12H,2,7-10,13H2,1H3. The van der Waals surface area contributed by atoms with Gasteiger partial charge in [-0.05, 0) is 25.8 Å². The molecule has 0 N–H and O–H groups in total. The van der Waals surface area contributed by atoms with Gasteiger partial charge in [0.1, 0.15) is 16.5 Å². The molecule has 1 amide bonds. The van der Waals surface area contributed by atoms with Gasteiger partial charge in [0.2, 0.25) is 0 Å². The van der Waals surface area contributed by atoms with Gasteiger partial charge in [0.05, 0.1) is 25.0 Å². The van der Waals surface area contributed by atoms with E-state index in [4.69, 9.17) is 21.1 Å². The van der Waals surface area contributed by atoms with E-state index in [-0.39, 0.29) is 39.9 Å². The molecular weight excluding hydrogens is 420 g/mol. The molecule has 4 heterocycles. The molecule has 3 aromatic rings. The number of esters is 1. The second-order valence-corrected chi connectivity index (χ2v) is 8.19. The summed E-state index contributed by atoms with van der Waals surface area (Å²) >= 11 is 6.48. The smallest absolute Gasteiger partial charge is 0.343 e. The van der Waals surface area contributed by atoms with Gasteiger partial charge in [0.15, 0.2) is 5.65 Å². The maximum absolute atomic E-state index is 13.2. The minimum Gasteiger partial charge on any atom is -0.492 e. The number of aromatic nitrogens is 3. The second kappa shape index (κ2) is 7.53. The SMILES string of the molecule is CCOC(=O)c1cnn2c(Cl)c(C(=O)N3CCC4(CC3)COc3ccccc34)cnc12. The van der Waals surface area contributed by atoms with Crippen molar-refractivity contribution in [3.63, 3.8) is 0 Å². The zero-order chi connectivity index (χ0) is 21.6. The van der Waals surface area contributed by atoms with Crippen LogP contribution in [0.2, 0.25) is 5.15 Å². The number of para-hydroxylation sites is 1. The van der Waals surface area contributed by atoms with E-state index < -0.39 is 5.97 Å². The van der Waals surface area contributed by atoms with Gasteiger partial charge in [-0.25, -0.2) is 14.3 Å². The molecule has 0 aliphatic carbocycles. The molecule has 0 bridgehead atoms. The first-order valence-electron chi connectivity index (χ1n) is 10.2. The Hall–Kier alpha value is -3.13. The molecule has 1 saturated heterocycles. The van der Waals surface area contributed by atoms with Gasteiger partial charge in [0, 0.05) is 30.3 Å². The fraction of sp³-hybridized carbons (Fsp3) is 0.364. The molecule has 0 unspecified atom stereocenters. The number of nitrogens with zero attached hydrogens (tertiary/aromatic N) is 4. The summed E-state index contributed by atoms with van der Waals surface area (Å²) in [6.45, 7) is 3.80. The average molecular weight is 441 g/mol.